The molecule has 0 spiro atoms. The Balaban J connectivity index is 1.62. The Morgan fingerprint density at radius 2 is 1.90 bits per heavy atom. The van der Waals surface area contributed by atoms with Crippen LogP contribution in [0.4, 0.5) is 29.2 Å². The number of pyridine rings is 1. The van der Waals surface area contributed by atoms with Gasteiger partial charge in [0.1, 0.15) is 11.5 Å². The van der Waals surface area contributed by atoms with E-state index in [-0.39, 0.29) is 29.3 Å². The molecule has 3 N–H and O–H groups in total. The van der Waals surface area contributed by atoms with Gasteiger partial charge in [-0.3, -0.25) is 14.1 Å². The first kappa shape index (κ1) is 31.6. The third-order valence-corrected chi connectivity index (χ3v) is 8.54. The van der Waals surface area contributed by atoms with E-state index in [1.165, 1.54) is 22.9 Å². The number of hydrogen-bond donors (Lipinski definition) is 3. The molecule has 230 valence electrons. The summed E-state index contributed by atoms with van der Waals surface area (Å²) in [6.45, 7) is 3.58. The minimum Gasteiger partial charge on any atom is -0.391 e. The molecule has 3 atom stereocenters. The number of halogens is 4. The Kier molecular flexibility index (Phi) is 9.14. The van der Waals surface area contributed by atoms with Crippen molar-refractivity contribution in [3.05, 3.63) is 46.6 Å². The molecule has 3 unspecified atom stereocenters. The zero-order chi connectivity index (χ0) is 31.0. The van der Waals surface area contributed by atoms with Crippen molar-refractivity contribution in [3.8, 4) is 11.1 Å². The van der Waals surface area contributed by atoms with Crippen LogP contribution >= 0.6 is 0 Å². The van der Waals surface area contributed by atoms with Crippen LogP contribution < -0.4 is 15.6 Å². The van der Waals surface area contributed by atoms with Crippen LogP contribution in [0.2, 0.25) is 0 Å². The average molecular weight is 615 g/mol. The van der Waals surface area contributed by atoms with Gasteiger partial charge in [0.2, 0.25) is 16.0 Å². The molecular formula is C27H34F4N6O4S. The van der Waals surface area contributed by atoms with Crippen LogP contribution in [0, 0.1) is 5.82 Å². The highest BCUT2D eigenvalue weighted by Crippen LogP contribution is 2.28. The molecule has 0 radical (unpaired) electrons. The molecule has 2 heterocycles. The van der Waals surface area contributed by atoms with Crippen LogP contribution in [-0.2, 0) is 10.0 Å². The van der Waals surface area contributed by atoms with Crippen molar-refractivity contribution in [3.63, 3.8) is 0 Å². The summed E-state index contributed by atoms with van der Waals surface area (Å²) in [5.74, 6) is -2.01. The fraction of sp³-hybridized carbons (Fsp3) is 0.519. The van der Waals surface area contributed by atoms with E-state index in [0.29, 0.717) is 23.4 Å². The van der Waals surface area contributed by atoms with E-state index in [1.807, 2.05) is 23.7 Å². The van der Waals surface area contributed by atoms with Crippen molar-refractivity contribution in [2.75, 3.05) is 29.9 Å². The summed E-state index contributed by atoms with van der Waals surface area (Å²) in [5.41, 5.74) is -0.401. The molecule has 0 saturated heterocycles. The van der Waals surface area contributed by atoms with Crippen LogP contribution in [0.1, 0.15) is 45.6 Å². The molecule has 3 aromatic rings. The molecule has 1 aliphatic carbocycles. The second-order valence-corrected chi connectivity index (χ2v) is 12.9. The second-order valence-electron chi connectivity index (χ2n) is 11.0. The number of aliphatic hydroxyl groups is 1. The fourth-order valence-corrected chi connectivity index (χ4v) is 6.26. The smallest absolute Gasteiger partial charge is 0.390 e. The first-order chi connectivity index (χ1) is 19.5. The third kappa shape index (κ3) is 7.36. The Morgan fingerprint density at radius 1 is 1.19 bits per heavy atom. The summed E-state index contributed by atoms with van der Waals surface area (Å²) in [6.07, 6.45) is -3.12. The SMILES string of the molecule is CC(C)n1c(=O)c(-c2ccc(NS(=O)(=O)CCC(F)(F)F)c(F)c2)cc2cnc(NC3CCC(N(C)C)C(O)C3)nc21. The van der Waals surface area contributed by atoms with Crippen molar-refractivity contribution in [2.24, 2.45) is 0 Å². The summed E-state index contributed by atoms with van der Waals surface area (Å²) in [7, 11) is -0.600. The number of aliphatic hydroxyl groups excluding tert-OH is 1. The number of fused-ring (bicyclic) bond motifs is 1. The number of aromatic nitrogens is 3. The Labute approximate surface area is 240 Å². The number of anilines is 2. The van der Waals surface area contributed by atoms with Gasteiger partial charge in [0.05, 0.1) is 24.0 Å². The van der Waals surface area contributed by atoms with Gasteiger partial charge in [-0.1, -0.05) is 6.07 Å². The van der Waals surface area contributed by atoms with Crippen molar-refractivity contribution < 1.29 is 31.1 Å². The fourth-order valence-electron chi connectivity index (χ4n) is 5.16. The molecule has 1 aromatic carbocycles. The Hall–Kier alpha value is -3.30. The normalized spacial score (nSPS) is 19.9. The maximum absolute atomic E-state index is 14.9. The monoisotopic (exact) mass is 614 g/mol. The van der Waals surface area contributed by atoms with Gasteiger partial charge < -0.3 is 15.3 Å². The molecule has 0 aliphatic heterocycles. The molecule has 2 aromatic heterocycles. The summed E-state index contributed by atoms with van der Waals surface area (Å²) in [5, 5.41) is 14.3. The van der Waals surface area contributed by atoms with Gasteiger partial charge in [0, 0.05) is 35.3 Å². The number of sulfonamides is 1. The molecule has 15 heteroatoms. The summed E-state index contributed by atoms with van der Waals surface area (Å²) >= 11 is 0. The zero-order valence-corrected chi connectivity index (χ0v) is 24.4. The summed E-state index contributed by atoms with van der Waals surface area (Å²) in [4.78, 5) is 24.6. The molecule has 1 fully saturated rings. The molecule has 4 rings (SSSR count). The zero-order valence-electron chi connectivity index (χ0n) is 23.6. The lowest BCUT2D eigenvalue weighted by molar-refractivity contribution is -0.129. The standard InChI is InChI=1S/C27H34F4N6O4S/c1-15(2)37-24-17(14-32-26(34-24)33-18-6-8-22(36(3)4)23(38)13-18)11-19(25(37)39)16-5-7-21(20(28)12-16)35-42(40,41)10-9-27(29,30)31/h5,7,11-12,14-15,18,22-23,35,38H,6,8-10,13H2,1-4H3,(H,32,33,34). The number of benzene rings is 1. The van der Waals surface area contributed by atoms with Gasteiger partial charge in [-0.25, -0.2) is 17.8 Å². The minimum absolute atomic E-state index is 0.0560. The van der Waals surface area contributed by atoms with Crippen LogP contribution in [0.15, 0.2) is 35.3 Å². The van der Waals surface area contributed by atoms with Crippen LogP contribution in [0.5, 0.6) is 0 Å². The number of alkyl halides is 3. The number of rotatable bonds is 9. The molecule has 0 bridgehead atoms. The van der Waals surface area contributed by atoms with Crippen LogP contribution in [0.3, 0.4) is 0 Å². The number of likely N-dealkylation sites (N-methyl/N-ethyl adjacent to an activating group) is 1. The molecule has 42 heavy (non-hydrogen) atoms. The van der Waals surface area contributed by atoms with Gasteiger partial charge in [0.15, 0.2) is 0 Å². The van der Waals surface area contributed by atoms with Gasteiger partial charge in [-0.2, -0.15) is 18.2 Å². The van der Waals surface area contributed by atoms with E-state index in [0.717, 1.165) is 25.0 Å². The predicted molar refractivity (Wildman–Crippen MR) is 152 cm³/mol. The largest absolute Gasteiger partial charge is 0.391 e. The average Bonchev–Trinajstić information content (AvgIpc) is 2.87. The number of nitrogens with zero attached hydrogens (tertiary/aromatic N) is 4. The molecule has 1 aliphatic rings. The number of nitrogens with one attached hydrogen (secondary N) is 2. The van der Waals surface area contributed by atoms with Gasteiger partial charge >= 0.3 is 6.18 Å². The molecule has 0 amide bonds. The topological polar surface area (TPSA) is 129 Å². The van der Waals surface area contributed by atoms with E-state index in [4.69, 9.17) is 0 Å². The highest BCUT2D eigenvalue weighted by Gasteiger charge is 2.31. The molecular weight excluding hydrogens is 580 g/mol. The molecule has 1 saturated carbocycles. The Bertz CT molecular complexity index is 1610. The molecule has 10 nitrogen and oxygen atoms in total. The van der Waals surface area contributed by atoms with E-state index in [2.05, 4.69) is 15.3 Å². The summed E-state index contributed by atoms with van der Waals surface area (Å²) < 4.78 is 79.5. The second kappa shape index (κ2) is 12.1. The first-order valence-corrected chi connectivity index (χ1v) is 15.1. The highest BCUT2D eigenvalue weighted by atomic mass is 32.2. The first-order valence-electron chi connectivity index (χ1n) is 13.4. The highest BCUT2D eigenvalue weighted by molar-refractivity contribution is 7.92. The summed E-state index contributed by atoms with van der Waals surface area (Å²) in [6, 6.07) is 4.49. The quantitative estimate of drug-likeness (QED) is 0.307. The van der Waals surface area contributed by atoms with E-state index < -0.39 is 51.5 Å². The lowest BCUT2D eigenvalue weighted by atomic mass is 9.88. The Morgan fingerprint density at radius 3 is 2.50 bits per heavy atom. The number of hydrogen-bond acceptors (Lipinski definition) is 8. The van der Waals surface area contributed by atoms with Crippen molar-refractivity contribution in [2.45, 2.75) is 69.9 Å². The predicted octanol–water partition coefficient (Wildman–Crippen LogP) is 4.13. The van der Waals surface area contributed by atoms with Crippen molar-refractivity contribution in [1.82, 2.24) is 19.4 Å². The van der Waals surface area contributed by atoms with Gasteiger partial charge in [-0.15, -0.1) is 0 Å². The van der Waals surface area contributed by atoms with Crippen molar-refractivity contribution >= 4 is 32.7 Å². The lowest BCUT2D eigenvalue weighted by Gasteiger charge is -2.37. The maximum Gasteiger partial charge on any atom is 0.390 e. The van der Waals surface area contributed by atoms with Crippen LogP contribution in [-0.4, -0.2) is 77.2 Å². The van der Waals surface area contributed by atoms with Crippen molar-refractivity contribution in [1.29, 1.82) is 0 Å². The van der Waals surface area contributed by atoms with E-state index >= 15 is 0 Å². The van der Waals surface area contributed by atoms with Gasteiger partial charge in [-0.05, 0) is 71.0 Å². The van der Waals surface area contributed by atoms with E-state index in [9.17, 15) is 35.9 Å². The van der Waals surface area contributed by atoms with Gasteiger partial charge in [0.25, 0.3) is 5.56 Å². The maximum atomic E-state index is 14.9. The third-order valence-electron chi connectivity index (χ3n) is 7.27. The lowest BCUT2D eigenvalue weighted by Crippen LogP contribution is -2.46. The van der Waals surface area contributed by atoms with Crippen LogP contribution in [0.25, 0.3) is 22.2 Å². The van der Waals surface area contributed by atoms with E-state index in [1.54, 1.807) is 13.8 Å². The minimum atomic E-state index is -4.68.